The van der Waals surface area contributed by atoms with Gasteiger partial charge in [0.2, 0.25) is 0 Å². The molecule has 0 bridgehead atoms. The maximum absolute atomic E-state index is 13.0. The van der Waals surface area contributed by atoms with Gasteiger partial charge in [0.15, 0.2) is 5.82 Å². The lowest BCUT2D eigenvalue weighted by Gasteiger charge is -2.10. The van der Waals surface area contributed by atoms with Gasteiger partial charge < -0.3 is 16.2 Å². The molecule has 0 aliphatic carbocycles. The van der Waals surface area contributed by atoms with Crippen LogP contribution >= 0.6 is 0 Å². The molecule has 0 aliphatic rings. The molecule has 0 spiro atoms. The first-order chi connectivity index (χ1) is 11.2. The van der Waals surface area contributed by atoms with Crippen LogP contribution in [0.25, 0.3) is 5.82 Å². The molecule has 0 fully saturated rings. The van der Waals surface area contributed by atoms with E-state index in [-0.39, 0.29) is 12.4 Å². The van der Waals surface area contributed by atoms with Gasteiger partial charge in [-0.15, -0.1) is 0 Å². The highest BCUT2D eigenvalue weighted by atomic mass is 19.1. The molecule has 2 aromatic heterocycles. The van der Waals surface area contributed by atoms with E-state index in [1.807, 2.05) is 12.1 Å². The van der Waals surface area contributed by atoms with Crippen LogP contribution in [0.5, 0.6) is 0 Å². The summed E-state index contributed by atoms with van der Waals surface area (Å²) in [5.41, 5.74) is 7.88. The number of rotatable bonds is 5. The Balaban J connectivity index is 1.93. The van der Waals surface area contributed by atoms with Crippen LogP contribution in [0.1, 0.15) is 11.3 Å². The summed E-state index contributed by atoms with van der Waals surface area (Å²) in [6.07, 6.45) is 1.72. The Morgan fingerprint density at radius 2 is 1.96 bits per heavy atom. The van der Waals surface area contributed by atoms with Gasteiger partial charge in [-0.3, -0.25) is 0 Å². The van der Waals surface area contributed by atoms with Crippen molar-refractivity contribution < 1.29 is 9.50 Å². The highest BCUT2D eigenvalue weighted by Crippen LogP contribution is 2.19. The van der Waals surface area contributed by atoms with Crippen LogP contribution in [0.3, 0.4) is 0 Å². The summed E-state index contributed by atoms with van der Waals surface area (Å²) >= 11 is 0. The third kappa shape index (κ3) is 3.53. The van der Waals surface area contributed by atoms with Crippen molar-refractivity contribution >= 4 is 11.5 Å². The summed E-state index contributed by atoms with van der Waals surface area (Å²) in [6, 6.07) is 11.4. The van der Waals surface area contributed by atoms with Crippen molar-refractivity contribution in [2.45, 2.75) is 13.2 Å². The zero-order chi connectivity index (χ0) is 16.2. The minimum atomic E-state index is -0.298. The molecule has 3 rings (SSSR count). The fourth-order valence-corrected chi connectivity index (χ4v) is 2.13. The minimum Gasteiger partial charge on any atom is -0.390 e. The Labute approximate surface area is 132 Å². The van der Waals surface area contributed by atoms with Crippen molar-refractivity contribution in [3.05, 3.63) is 65.7 Å². The SMILES string of the molecule is NCc1cc(Nc2ccc(F)cc2)nc(-n2ccc(CO)n2)c1. The lowest BCUT2D eigenvalue weighted by molar-refractivity contribution is 0.276. The number of aromatic nitrogens is 3. The lowest BCUT2D eigenvalue weighted by Crippen LogP contribution is -2.06. The first-order valence-corrected chi connectivity index (χ1v) is 7.07. The molecule has 0 atom stereocenters. The fourth-order valence-electron chi connectivity index (χ4n) is 2.13. The number of anilines is 2. The molecule has 0 radical (unpaired) electrons. The maximum atomic E-state index is 13.0. The Morgan fingerprint density at radius 1 is 1.17 bits per heavy atom. The van der Waals surface area contributed by atoms with Gasteiger partial charge in [0.25, 0.3) is 0 Å². The van der Waals surface area contributed by atoms with Crippen LogP contribution in [0.2, 0.25) is 0 Å². The summed E-state index contributed by atoms with van der Waals surface area (Å²) in [4.78, 5) is 4.48. The predicted molar refractivity (Wildman–Crippen MR) is 84.9 cm³/mol. The lowest BCUT2D eigenvalue weighted by atomic mass is 10.2. The largest absolute Gasteiger partial charge is 0.390 e. The quantitative estimate of drug-likeness (QED) is 0.671. The van der Waals surface area contributed by atoms with E-state index in [9.17, 15) is 4.39 Å². The van der Waals surface area contributed by atoms with Gasteiger partial charge in [0, 0.05) is 18.4 Å². The molecule has 0 saturated carbocycles. The van der Waals surface area contributed by atoms with E-state index in [0.29, 0.717) is 23.9 Å². The summed E-state index contributed by atoms with van der Waals surface area (Å²) in [5, 5.41) is 16.4. The van der Waals surface area contributed by atoms with E-state index in [4.69, 9.17) is 10.8 Å². The second-order valence-corrected chi connectivity index (χ2v) is 4.96. The molecule has 3 aromatic rings. The molecule has 7 heteroatoms. The minimum absolute atomic E-state index is 0.135. The summed E-state index contributed by atoms with van der Waals surface area (Å²) in [5.74, 6) is 0.862. The molecule has 6 nitrogen and oxygen atoms in total. The van der Waals surface area contributed by atoms with Crippen molar-refractivity contribution in [2.75, 3.05) is 5.32 Å². The second kappa shape index (κ2) is 6.55. The Bertz CT molecular complexity index is 800. The molecule has 1 aromatic carbocycles. The summed E-state index contributed by atoms with van der Waals surface area (Å²) in [7, 11) is 0. The molecule has 2 heterocycles. The third-order valence-electron chi connectivity index (χ3n) is 3.26. The van der Waals surface area contributed by atoms with Crippen LogP contribution < -0.4 is 11.1 Å². The second-order valence-electron chi connectivity index (χ2n) is 4.96. The Hall–Kier alpha value is -2.77. The zero-order valence-corrected chi connectivity index (χ0v) is 12.3. The number of aliphatic hydroxyl groups is 1. The van der Waals surface area contributed by atoms with E-state index >= 15 is 0 Å². The number of halogens is 1. The van der Waals surface area contributed by atoms with Gasteiger partial charge in [0.05, 0.1) is 12.3 Å². The number of nitrogens with one attached hydrogen (secondary N) is 1. The van der Waals surface area contributed by atoms with Gasteiger partial charge in [-0.1, -0.05) is 0 Å². The van der Waals surface area contributed by atoms with Crippen LogP contribution in [-0.4, -0.2) is 19.9 Å². The summed E-state index contributed by atoms with van der Waals surface area (Å²) in [6.45, 7) is 0.214. The van der Waals surface area contributed by atoms with Crippen LogP contribution in [0, 0.1) is 5.82 Å². The van der Waals surface area contributed by atoms with Crippen molar-refractivity contribution in [1.82, 2.24) is 14.8 Å². The zero-order valence-electron chi connectivity index (χ0n) is 12.3. The van der Waals surface area contributed by atoms with Crippen LogP contribution in [0.4, 0.5) is 15.9 Å². The van der Waals surface area contributed by atoms with Gasteiger partial charge in [-0.2, -0.15) is 5.10 Å². The Morgan fingerprint density at radius 3 is 2.61 bits per heavy atom. The molecule has 118 valence electrons. The molecule has 0 unspecified atom stereocenters. The number of hydrogen-bond donors (Lipinski definition) is 3. The molecule has 0 amide bonds. The number of hydrogen-bond acceptors (Lipinski definition) is 5. The molecule has 4 N–H and O–H groups in total. The van der Waals surface area contributed by atoms with Crippen molar-refractivity contribution in [1.29, 1.82) is 0 Å². The number of nitrogens with zero attached hydrogens (tertiary/aromatic N) is 3. The van der Waals surface area contributed by atoms with Gasteiger partial charge in [-0.05, 0) is 48.0 Å². The average Bonchev–Trinajstić information content (AvgIpc) is 3.06. The van der Waals surface area contributed by atoms with Gasteiger partial charge in [0.1, 0.15) is 11.6 Å². The molecular weight excluding hydrogens is 297 g/mol. The van der Waals surface area contributed by atoms with Gasteiger partial charge in [-0.25, -0.2) is 14.1 Å². The van der Waals surface area contributed by atoms with Crippen molar-refractivity contribution in [2.24, 2.45) is 5.73 Å². The number of aliphatic hydroxyl groups excluding tert-OH is 1. The number of pyridine rings is 1. The first kappa shape index (κ1) is 15.1. The molecule has 0 aliphatic heterocycles. The highest BCUT2D eigenvalue weighted by Gasteiger charge is 2.07. The van der Waals surface area contributed by atoms with Gasteiger partial charge >= 0.3 is 0 Å². The van der Waals surface area contributed by atoms with Crippen LogP contribution in [-0.2, 0) is 13.2 Å². The molecular formula is C16H16FN5O. The monoisotopic (exact) mass is 313 g/mol. The normalized spacial score (nSPS) is 10.7. The molecule has 0 saturated heterocycles. The van der Waals surface area contributed by atoms with Crippen LogP contribution in [0.15, 0.2) is 48.7 Å². The van der Waals surface area contributed by atoms with E-state index in [2.05, 4.69) is 15.4 Å². The highest BCUT2D eigenvalue weighted by molar-refractivity contribution is 5.57. The Kier molecular flexibility index (Phi) is 4.31. The predicted octanol–water partition coefficient (Wildman–Crippen LogP) is 2.10. The molecule has 23 heavy (non-hydrogen) atoms. The third-order valence-corrected chi connectivity index (χ3v) is 3.26. The number of benzene rings is 1. The smallest absolute Gasteiger partial charge is 0.156 e. The van der Waals surface area contributed by atoms with Crippen molar-refractivity contribution in [3.63, 3.8) is 0 Å². The van der Waals surface area contributed by atoms with E-state index in [1.54, 1.807) is 29.1 Å². The standard InChI is InChI=1S/C16H16FN5O/c17-12-1-3-13(4-2-12)19-15-7-11(9-18)8-16(20-15)22-6-5-14(10-23)21-22/h1-8,23H,9-10,18H2,(H,19,20). The first-order valence-electron chi connectivity index (χ1n) is 7.07. The van der Waals surface area contributed by atoms with E-state index in [0.717, 1.165) is 11.3 Å². The average molecular weight is 313 g/mol. The maximum Gasteiger partial charge on any atom is 0.156 e. The number of nitrogens with two attached hydrogens (primary N) is 1. The topological polar surface area (TPSA) is 89.0 Å². The van der Waals surface area contributed by atoms with Crippen molar-refractivity contribution in [3.8, 4) is 5.82 Å². The fraction of sp³-hybridized carbons (Fsp3) is 0.125. The summed E-state index contributed by atoms with van der Waals surface area (Å²) < 4.78 is 14.5. The van der Waals surface area contributed by atoms with E-state index in [1.165, 1.54) is 12.1 Å². The van der Waals surface area contributed by atoms with E-state index < -0.39 is 0 Å².